The SMILES string of the molecule is O=C([C@H]1COc2ccc(Cl)cc2C1)N1CCCN2CCC[C@@H]2C1. The van der Waals surface area contributed by atoms with Gasteiger partial charge >= 0.3 is 0 Å². The molecule has 0 spiro atoms. The Morgan fingerprint density at radius 3 is 3.00 bits per heavy atom. The van der Waals surface area contributed by atoms with Crippen LogP contribution in [0.4, 0.5) is 0 Å². The standard InChI is InChI=1S/C18H23ClN2O2/c19-15-4-5-17-13(10-15)9-14(12-23-17)18(22)21-8-2-7-20-6-1-3-16(20)11-21/h4-5,10,14,16H,1-3,6-9,11-12H2/t14-,16-/m1/s1. The molecule has 4 rings (SSSR count). The van der Waals surface area contributed by atoms with E-state index in [0.717, 1.165) is 43.8 Å². The molecule has 1 amide bonds. The van der Waals surface area contributed by atoms with Crippen LogP contribution >= 0.6 is 11.6 Å². The minimum absolute atomic E-state index is 0.0751. The smallest absolute Gasteiger partial charge is 0.229 e. The highest BCUT2D eigenvalue weighted by Crippen LogP contribution is 2.31. The van der Waals surface area contributed by atoms with Gasteiger partial charge in [-0.25, -0.2) is 0 Å². The molecule has 4 nitrogen and oxygen atoms in total. The van der Waals surface area contributed by atoms with Crippen molar-refractivity contribution in [3.05, 3.63) is 28.8 Å². The Morgan fingerprint density at radius 1 is 1.22 bits per heavy atom. The molecule has 3 aliphatic heterocycles. The van der Waals surface area contributed by atoms with Gasteiger partial charge in [-0.05, 0) is 56.0 Å². The van der Waals surface area contributed by atoms with Gasteiger partial charge in [0.1, 0.15) is 12.4 Å². The van der Waals surface area contributed by atoms with E-state index in [2.05, 4.69) is 9.80 Å². The highest BCUT2D eigenvalue weighted by molar-refractivity contribution is 6.30. The van der Waals surface area contributed by atoms with Crippen LogP contribution in [-0.2, 0) is 11.2 Å². The summed E-state index contributed by atoms with van der Waals surface area (Å²) in [5.41, 5.74) is 1.06. The largest absolute Gasteiger partial charge is 0.492 e. The first kappa shape index (κ1) is 15.3. The van der Waals surface area contributed by atoms with E-state index in [0.29, 0.717) is 17.7 Å². The number of hydrogen-bond acceptors (Lipinski definition) is 3. The first-order chi connectivity index (χ1) is 11.2. The molecule has 0 aliphatic carbocycles. The number of amides is 1. The Bertz CT molecular complexity index is 607. The Kier molecular flexibility index (Phi) is 4.20. The Labute approximate surface area is 142 Å². The average molecular weight is 335 g/mol. The lowest BCUT2D eigenvalue weighted by atomic mass is 9.95. The maximum Gasteiger partial charge on any atom is 0.229 e. The van der Waals surface area contributed by atoms with Gasteiger partial charge in [0.2, 0.25) is 5.91 Å². The fourth-order valence-corrected chi connectivity index (χ4v) is 4.38. The van der Waals surface area contributed by atoms with Crippen molar-refractivity contribution in [3.8, 4) is 5.75 Å². The molecular weight excluding hydrogens is 312 g/mol. The van der Waals surface area contributed by atoms with E-state index in [-0.39, 0.29) is 11.8 Å². The van der Waals surface area contributed by atoms with Crippen molar-refractivity contribution < 1.29 is 9.53 Å². The third-order valence-electron chi connectivity index (χ3n) is 5.39. The second-order valence-corrected chi connectivity index (χ2v) is 7.37. The molecule has 0 aromatic heterocycles. The maximum absolute atomic E-state index is 13.0. The van der Waals surface area contributed by atoms with Crippen LogP contribution in [0.25, 0.3) is 0 Å². The molecule has 3 aliphatic rings. The summed E-state index contributed by atoms with van der Waals surface area (Å²) in [4.78, 5) is 17.6. The van der Waals surface area contributed by atoms with Crippen LogP contribution in [0, 0.1) is 5.92 Å². The number of ether oxygens (including phenoxy) is 1. The summed E-state index contributed by atoms with van der Waals surface area (Å²) in [6, 6.07) is 6.23. The molecule has 0 unspecified atom stereocenters. The highest BCUT2D eigenvalue weighted by atomic mass is 35.5. The van der Waals surface area contributed by atoms with Gasteiger partial charge in [0.05, 0.1) is 5.92 Å². The molecule has 124 valence electrons. The van der Waals surface area contributed by atoms with Crippen molar-refractivity contribution in [2.24, 2.45) is 5.92 Å². The molecule has 1 aromatic carbocycles. The second-order valence-electron chi connectivity index (χ2n) is 6.93. The van der Waals surface area contributed by atoms with Gasteiger partial charge in [0, 0.05) is 30.7 Å². The third kappa shape index (κ3) is 3.07. The summed E-state index contributed by atoms with van der Waals surface area (Å²) in [6.07, 6.45) is 4.31. The lowest BCUT2D eigenvalue weighted by Crippen LogP contribution is -2.44. The molecule has 0 radical (unpaired) electrons. The van der Waals surface area contributed by atoms with E-state index < -0.39 is 0 Å². The maximum atomic E-state index is 13.0. The third-order valence-corrected chi connectivity index (χ3v) is 5.63. The minimum atomic E-state index is -0.0751. The van der Waals surface area contributed by atoms with Crippen molar-refractivity contribution in [2.45, 2.75) is 31.7 Å². The number of benzene rings is 1. The topological polar surface area (TPSA) is 32.8 Å². The molecule has 23 heavy (non-hydrogen) atoms. The van der Waals surface area contributed by atoms with E-state index >= 15 is 0 Å². The Hall–Kier alpha value is -1.26. The van der Waals surface area contributed by atoms with Gasteiger partial charge < -0.3 is 9.64 Å². The molecule has 2 fully saturated rings. The minimum Gasteiger partial charge on any atom is -0.492 e. The van der Waals surface area contributed by atoms with Crippen molar-refractivity contribution in [1.29, 1.82) is 0 Å². The van der Waals surface area contributed by atoms with Crippen LogP contribution in [-0.4, -0.2) is 54.5 Å². The number of rotatable bonds is 1. The zero-order valence-corrected chi connectivity index (χ0v) is 14.1. The van der Waals surface area contributed by atoms with E-state index in [1.54, 1.807) is 0 Å². The highest BCUT2D eigenvalue weighted by Gasteiger charge is 2.34. The van der Waals surface area contributed by atoms with Crippen LogP contribution in [0.3, 0.4) is 0 Å². The number of carbonyl (C=O) groups is 1. The van der Waals surface area contributed by atoms with Crippen LogP contribution in [0.2, 0.25) is 5.02 Å². The van der Waals surface area contributed by atoms with Crippen molar-refractivity contribution >= 4 is 17.5 Å². The van der Waals surface area contributed by atoms with E-state index in [4.69, 9.17) is 16.3 Å². The lowest BCUT2D eigenvalue weighted by Gasteiger charge is -2.31. The number of carbonyl (C=O) groups excluding carboxylic acids is 1. The Balaban J connectivity index is 1.46. The first-order valence-corrected chi connectivity index (χ1v) is 9.02. The molecule has 3 heterocycles. The quantitative estimate of drug-likeness (QED) is 0.791. The van der Waals surface area contributed by atoms with Gasteiger partial charge in [0.15, 0.2) is 0 Å². The summed E-state index contributed by atoms with van der Waals surface area (Å²) in [7, 11) is 0. The number of fused-ring (bicyclic) bond motifs is 2. The molecule has 2 atom stereocenters. The molecule has 2 saturated heterocycles. The summed E-state index contributed by atoms with van der Waals surface area (Å²) in [6.45, 7) is 4.58. The molecular formula is C18H23ClN2O2. The van der Waals surface area contributed by atoms with Gasteiger partial charge in [-0.15, -0.1) is 0 Å². The van der Waals surface area contributed by atoms with Crippen molar-refractivity contribution in [3.63, 3.8) is 0 Å². The normalized spacial score (nSPS) is 27.8. The predicted molar refractivity (Wildman–Crippen MR) is 89.9 cm³/mol. The van der Waals surface area contributed by atoms with Crippen molar-refractivity contribution in [1.82, 2.24) is 9.80 Å². The number of hydrogen-bond donors (Lipinski definition) is 0. The van der Waals surface area contributed by atoms with Gasteiger partial charge in [-0.3, -0.25) is 9.69 Å². The summed E-state index contributed by atoms with van der Waals surface area (Å²) in [5.74, 6) is 1.05. The van der Waals surface area contributed by atoms with E-state index in [1.165, 1.54) is 19.4 Å². The zero-order chi connectivity index (χ0) is 15.8. The monoisotopic (exact) mass is 334 g/mol. The molecule has 5 heteroatoms. The summed E-state index contributed by atoms with van der Waals surface area (Å²) in [5, 5.41) is 0.705. The average Bonchev–Trinajstić information content (AvgIpc) is 2.90. The summed E-state index contributed by atoms with van der Waals surface area (Å²) >= 11 is 6.08. The molecule has 0 N–H and O–H groups in total. The van der Waals surface area contributed by atoms with Crippen LogP contribution in [0.1, 0.15) is 24.8 Å². The van der Waals surface area contributed by atoms with Gasteiger partial charge in [-0.2, -0.15) is 0 Å². The predicted octanol–water partition coefficient (Wildman–Crippen LogP) is 2.59. The Morgan fingerprint density at radius 2 is 2.09 bits per heavy atom. The summed E-state index contributed by atoms with van der Waals surface area (Å²) < 4.78 is 5.80. The fourth-order valence-electron chi connectivity index (χ4n) is 4.19. The molecule has 0 bridgehead atoms. The zero-order valence-electron chi connectivity index (χ0n) is 13.3. The van der Waals surface area contributed by atoms with Gasteiger partial charge in [0.25, 0.3) is 0 Å². The van der Waals surface area contributed by atoms with Crippen LogP contribution in [0.15, 0.2) is 18.2 Å². The van der Waals surface area contributed by atoms with E-state index in [1.807, 2.05) is 18.2 Å². The first-order valence-electron chi connectivity index (χ1n) is 8.65. The number of halogens is 1. The molecule has 1 aromatic rings. The van der Waals surface area contributed by atoms with Crippen LogP contribution < -0.4 is 4.74 Å². The van der Waals surface area contributed by atoms with Crippen LogP contribution in [0.5, 0.6) is 5.75 Å². The van der Waals surface area contributed by atoms with E-state index in [9.17, 15) is 4.79 Å². The molecule has 0 saturated carbocycles. The fraction of sp³-hybridized carbons (Fsp3) is 0.611. The number of nitrogens with zero attached hydrogens (tertiary/aromatic N) is 2. The second kappa shape index (κ2) is 6.33. The van der Waals surface area contributed by atoms with Gasteiger partial charge in [-0.1, -0.05) is 11.6 Å². The van der Waals surface area contributed by atoms with Crippen molar-refractivity contribution in [2.75, 3.05) is 32.8 Å². The lowest BCUT2D eigenvalue weighted by molar-refractivity contribution is -0.137.